The molecule has 1 aromatic heterocycles. The highest BCUT2D eigenvalue weighted by atomic mass is 35.5. The predicted molar refractivity (Wildman–Crippen MR) is 70.6 cm³/mol. The first-order chi connectivity index (χ1) is 8.39. The summed E-state index contributed by atoms with van der Waals surface area (Å²) in [6.45, 7) is 0. The Balaban J connectivity index is 2.64. The highest BCUT2D eigenvalue weighted by Crippen LogP contribution is 2.28. The summed E-state index contributed by atoms with van der Waals surface area (Å²) in [5.74, 6) is 0.290. The summed E-state index contributed by atoms with van der Waals surface area (Å²) in [5.41, 5.74) is 0.710. The Labute approximate surface area is 115 Å². The van der Waals surface area contributed by atoms with Crippen molar-refractivity contribution in [2.45, 2.75) is 4.90 Å². The van der Waals surface area contributed by atoms with Gasteiger partial charge in [0.05, 0.1) is 0 Å². The Kier molecular flexibility index (Phi) is 3.56. The SMILES string of the molecule is CS(=O)(=O)c1c(Cl)nc(-c2ccccc2)nc1Cl. The van der Waals surface area contributed by atoms with E-state index in [9.17, 15) is 8.42 Å². The molecule has 0 fully saturated rings. The van der Waals surface area contributed by atoms with Gasteiger partial charge in [0, 0.05) is 11.8 Å². The van der Waals surface area contributed by atoms with E-state index in [1.165, 1.54) is 0 Å². The van der Waals surface area contributed by atoms with Gasteiger partial charge in [-0.15, -0.1) is 0 Å². The molecular weight excluding hydrogens is 295 g/mol. The smallest absolute Gasteiger partial charge is 0.181 e. The number of hydrogen-bond donors (Lipinski definition) is 0. The zero-order valence-corrected chi connectivity index (χ0v) is 11.6. The number of rotatable bonds is 2. The number of nitrogens with zero attached hydrogens (tertiary/aromatic N) is 2. The van der Waals surface area contributed by atoms with Gasteiger partial charge in [-0.1, -0.05) is 53.5 Å². The lowest BCUT2D eigenvalue weighted by Gasteiger charge is -2.06. The molecule has 0 aliphatic rings. The second-order valence-corrected chi connectivity index (χ2v) is 6.26. The van der Waals surface area contributed by atoms with Crippen molar-refractivity contribution in [2.75, 3.05) is 6.26 Å². The van der Waals surface area contributed by atoms with Crippen LogP contribution in [-0.4, -0.2) is 24.6 Å². The molecule has 0 N–H and O–H groups in total. The van der Waals surface area contributed by atoms with Gasteiger partial charge in [-0.25, -0.2) is 18.4 Å². The van der Waals surface area contributed by atoms with Gasteiger partial charge in [0.1, 0.15) is 4.90 Å². The molecule has 0 aliphatic heterocycles. The summed E-state index contributed by atoms with van der Waals surface area (Å²) in [5, 5.41) is -0.340. The van der Waals surface area contributed by atoms with Crippen molar-refractivity contribution >= 4 is 33.0 Å². The molecule has 2 aromatic rings. The van der Waals surface area contributed by atoms with Crippen molar-refractivity contribution in [1.29, 1.82) is 0 Å². The molecule has 94 valence electrons. The van der Waals surface area contributed by atoms with Crippen molar-refractivity contribution in [3.8, 4) is 11.4 Å². The highest BCUT2D eigenvalue weighted by Gasteiger charge is 2.21. The largest absolute Gasteiger partial charge is 0.224 e. The summed E-state index contributed by atoms with van der Waals surface area (Å²) in [6, 6.07) is 9.03. The van der Waals surface area contributed by atoms with Crippen LogP contribution >= 0.6 is 23.2 Å². The average Bonchev–Trinajstić information content (AvgIpc) is 2.27. The van der Waals surface area contributed by atoms with Gasteiger partial charge in [0.25, 0.3) is 0 Å². The predicted octanol–water partition coefficient (Wildman–Crippen LogP) is 2.85. The van der Waals surface area contributed by atoms with Crippen LogP contribution in [0.25, 0.3) is 11.4 Å². The van der Waals surface area contributed by atoms with Crippen molar-refractivity contribution in [1.82, 2.24) is 9.97 Å². The third kappa shape index (κ3) is 2.63. The lowest BCUT2D eigenvalue weighted by atomic mass is 10.2. The molecule has 18 heavy (non-hydrogen) atoms. The Morgan fingerprint density at radius 1 is 1.00 bits per heavy atom. The molecule has 0 spiro atoms. The van der Waals surface area contributed by atoms with Crippen LogP contribution in [0.1, 0.15) is 0 Å². The van der Waals surface area contributed by atoms with E-state index in [2.05, 4.69) is 9.97 Å². The molecule has 0 amide bonds. The molecule has 2 rings (SSSR count). The summed E-state index contributed by atoms with van der Waals surface area (Å²) in [4.78, 5) is 7.68. The first-order valence-corrected chi connectivity index (χ1v) is 7.53. The van der Waals surface area contributed by atoms with E-state index < -0.39 is 9.84 Å². The molecule has 0 atom stereocenters. The maximum absolute atomic E-state index is 11.5. The average molecular weight is 303 g/mol. The third-order valence-electron chi connectivity index (χ3n) is 2.19. The molecule has 0 saturated heterocycles. The number of halogens is 2. The lowest BCUT2D eigenvalue weighted by molar-refractivity contribution is 0.601. The van der Waals surface area contributed by atoms with Gasteiger partial charge >= 0.3 is 0 Å². The van der Waals surface area contributed by atoms with Crippen molar-refractivity contribution < 1.29 is 8.42 Å². The van der Waals surface area contributed by atoms with E-state index >= 15 is 0 Å². The van der Waals surface area contributed by atoms with Crippen LogP contribution in [0.3, 0.4) is 0 Å². The van der Waals surface area contributed by atoms with Gasteiger partial charge < -0.3 is 0 Å². The van der Waals surface area contributed by atoms with Gasteiger partial charge in [0.15, 0.2) is 26.0 Å². The normalized spacial score (nSPS) is 11.5. The Morgan fingerprint density at radius 3 is 1.94 bits per heavy atom. The van der Waals surface area contributed by atoms with Crippen molar-refractivity contribution in [2.24, 2.45) is 0 Å². The van der Waals surface area contributed by atoms with Crippen LogP contribution in [0.15, 0.2) is 35.2 Å². The van der Waals surface area contributed by atoms with Crippen LogP contribution in [0.4, 0.5) is 0 Å². The second-order valence-electron chi connectivity index (χ2n) is 3.60. The summed E-state index contributed by atoms with van der Waals surface area (Å²) < 4.78 is 22.9. The van der Waals surface area contributed by atoms with Crippen LogP contribution < -0.4 is 0 Å². The van der Waals surface area contributed by atoms with E-state index in [-0.39, 0.29) is 21.0 Å². The van der Waals surface area contributed by atoms with Crippen LogP contribution in [0.2, 0.25) is 10.3 Å². The fraction of sp³-hybridized carbons (Fsp3) is 0.0909. The van der Waals surface area contributed by atoms with Gasteiger partial charge in [0.2, 0.25) is 0 Å². The number of aromatic nitrogens is 2. The van der Waals surface area contributed by atoms with E-state index in [1.54, 1.807) is 12.1 Å². The van der Waals surface area contributed by atoms with E-state index in [1.807, 2.05) is 18.2 Å². The summed E-state index contributed by atoms with van der Waals surface area (Å²) in [7, 11) is -3.55. The summed E-state index contributed by atoms with van der Waals surface area (Å²) >= 11 is 11.7. The minimum Gasteiger partial charge on any atom is -0.224 e. The fourth-order valence-electron chi connectivity index (χ4n) is 1.42. The van der Waals surface area contributed by atoms with Crippen molar-refractivity contribution in [3.05, 3.63) is 40.6 Å². The minimum atomic E-state index is -3.55. The topological polar surface area (TPSA) is 59.9 Å². The van der Waals surface area contributed by atoms with E-state index in [0.29, 0.717) is 5.56 Å². The molecule has 1 heterocycles. The fourth-order valence-corrected chi connectivity index (χ4v) is 3.35. The number of sulfone groups is 1. The zero-order valence-electron chi connectivity index (χ0n) is 9.26. The first-order valence-electron chi connectivity index (χ1n) is 4.88. The highest BCUT2D eigenvalue weighted by molar-refractivity contribution is 7.91. The Morgan fingerprint density at radius 2 is 1.50 bits per heavy atom. The molecule has 7 heteroatoms. The zero-order chi connectivity index (χ0) is 13.3. The second kappa shape index (κ2) is 4.84. The van der Waals surface area contributed by atoms with Gasteiger partial charge in [-0.3, -0.25) is 0 Å². The number of hydrogen-bond acceptors (Lipinski definition) is 4. The Bertz CT molecular complexity index is 664. The maximum atomic E-state index is 11.5. The maximum Gasteiger partial charge on any atom is 0.181 e. The molecular formula is C11H8Cl2N2O2S. The van der Waals surface area contributed by atoms with Crippen LogP contribution in [0, 0.1) is 0 Å². The molecule has 0 unspecified atom stereocenters. The molecule has 1 aromatic carbocycles. The van der Waals surface area contributed by atoms with Crippen molar-refractivity contribution in [3.63, 3.8) is 0 Å². The van der Waals surface area contributed by atoms with Gasteiger partial charge in [-0.05, 0) is 0 Å². The number of benzene rings is 1. The molecule has 4 nitrogen and oxygen atoms in total. The molecule has 0 saturated carbocycles. The minimum absolute atomic E-state index is 0.170. The van der Waals surface area contributed by atoms with Crippen LogP contribution in [-0.2, 0) is 9.84 Å². The van der Waals surface area contributed by atoms with Crippen LogP contribution in [0.5, 0.6) is 0 Å². The molecule has 0 bridgehead atoms. The van der Waals surface area contributed by atoms with E-state index in [0.717, 1.165) is 6.26 Å². The van der Waals surface area contributed by atoms with E-state index in [4.69, 9.17) is 23.2 Å². The monoisotopic (exact) mass is 302 g/mol. The third-order valence-corrected chi connectivity index (χ3v) is 4.09. The quantitative estimate of drug-likeness (QED) is 0.800. The molecule has 0 aliphatic carbocycles. The lowest BCUT2D eigenvalue weighted by Crippen LogP contribution is -2.04. The summed E-state index contributed by atoms with van der Waals surface area (Å²) in [6.07, 6.45) is 1.01. The Hall–Kier alpha value is -1.17. The first kappa shape index (κ1) is 13.3. The molecule has 0 radical (unpaired) electrons. The van der Waals surface area contributed by atoms with Gasteiger partial charge in [-0.2, -0.15) is 0 Å². The standard InChI is InChI=1S/C11H8Cl2N2O2S/c1-18(16,17)8-9(12)14-11(15-10(8)13)7-5-3-2-4-6-7/h2-6H,1H3.